The van der Waals surface area contributed by atoms with Gasteiger partial charge >= 0.3 is 0 Å². The van der Waals surface area contributed by atoms with E-state index >= 15 is 0 Å². The first kappa shape index (κ1) is 30.8. The first-order chi connectivity index (χ1) is 22.0. The average molecular weight is 613 g/mol. The van der Waals surface area contributed by atoms with E-state index in [-0.39, 0.29) is 17.6 Å². The molecule has 224 valence electrons. The van der Waals surface area contributed by atoms with Crippen LogP contribution in [0.5, 0.6) is 0 Å². The van der Waals surface area contributed by atoms with Gasteiger partial charge in [-0.15, -0.1) is 0 Å². The fourth-order valence-electron chi connectivity index (χ4n) is 4.95. The summed E-state index contributed by atoms with van der Waals surface area (Å²) in [6.45, 7) is 0.112. The number of rotatable bonds is 9. The second-order valence-electron chi connectivity index (χ2n) is 10.3. The van der Waals surface area contributed by atoms with Gasteiger partial charge in [0.25, 0.3) is 11.8 Å². The molecule has 7 nitrogen and oxygen atoms in total. The molecule has 5 aromatic carbocycles. The van der Waals surface area contributed by atoms with Gasteiger partial charge < -0.3 is 5.32 Å². The van der Waals surface area contributed by atoms with Gasteiger partial charge in [0.1, 0.15) is 6.04 Å². The highest BCUT2D eigenvalue weighted by molar-refractivity contribution is 7.80. The van der Waals surface area contributed by atoms with Crippen LogP contribution in [-0.4, -0.2) is 27.8 Å². The molecule has 3 N–H and O–H groups in total. The van der Waals surface area contributed by atoms with Crippen molar-refractivity contribution in [3.8, 4) is 0 Å². The van der Waals surface area contributed by atoms with Crippen molar-refractivity contribution < 1.29 is 14.4 Å². The lowest BCUT2D eigenvalue weighted by molar-refractivity contribution is -0.139. The molecule has 0 aliphatic rings. The first-order valence-electron chi connectivity index (χ1n) is 14.5. The third-order valence-electron chi connectivity index (χ3n) is 7.14. The number of benzene rings is 5. The van der Waals surface area contributed by atoms with Crippen molar-refractivity contribution in [3.05, 3.63) is 179 Å². The van der Waals surface area contributed by atoms with Crippen LogP contribution in [0, 0.1) is 0 Å². The summed E-state index contributed by atoms with van der Waals surface area (Å²) in [6, 6.07) is 44.9. The van der Waals surface area contributed by atoms with Crippen LogP contribution in [0.15, 0.2) is 152 Å². The second kappa shape index (κ2) is 15.2. The molecule has 0 aromatic heterocycles. The zero-order chi connectivity index (χ0) is 31.4. The molecule has 3 amide bonds. The van der Waals surface area contributed by atoms with Gasteiger partial charge in [-0.25, -0.2) is 5.01 Å². The number of nitrogens with one attached hydrogen (secondary N) is 3. The summed E-state index contributed by atoms with van der Waals surface area (Å²) in [5.74, 6) is -1.88. The Morgan fingerprint density at radius 1 is 0.600 bits per heavy atom. The van der Waals surface area contributed by atoms with Crippen molar-refractivity contribution in [2.45, 2.75) is 18.5 Å². The molecule has 5 rings (SSSR count). The monoisotopic (exact) mass is 612 g/mol. The minimum atomic E-state index is -1.07. The predicted molar refractivity (Wildman–Crippen MR) is 179 cm³/mol. The number of hydrogen-bond donors (Lipinski definition) is 3. The maximum atomic E-state index is 14.4. The third-order valence-corrected chi connectivity index (χ3v) is 7.34. The third kappa shape index (κ3) is 8.28. The number of carbonyl (C=O) groups excluding carboxylic acids is 3. The molecule has 0 aliphatic carbocycles. The van der Waals surface area contributed by atoms with E-state index in [0.29, 0.717) is 11.1 Å². The van der Waals surface area contributed by atoms with Crippen LogP contribution in [0.25, 0.3) is 0 Å². The van der Waals surface area contributed by atoms with Crippen molar-refractivity contribution in [2.24, 2.45) is 0 Å². The van der Waals surface area contributed by atoms with E-state index in [1.165, 1.54) is 5.01 Å². The fourth-order valence-corrected chi connectivity index (χ4v) is 5.16. The van der Waals surface area contributed by atoms with Gasteiger partial charge in [-0.1, -0.05) is 140 Å². The smallest absolute Gasteiger partial charge is 0.268 e. The Balaban J connectivity index is 1.45. The fraction of sp³-hybridized carbons (Fsp3) is 0.0811. The lowest BCUT2D eigenvalue weighted by Gasteiger charge is -2.30. The Kier molecular flexibility index (Phi) is 10.4. The van der Waals surface area contributed by atoms with Gasteiger partial charge in [-0.05, 0) is 46.6 Å². The molecule has 0 heterocycles. The minimum Gasteiger partial charge on any atom is -0.340 e. The van der Waals surface area contributed by atoms with Crippen LogP contribution < -0.4 is 16.1 Å². The molecule has 0 fully saturated rings. The lowest BCUT2D eigenvalue weighted by Crippen LogP contribution is -2.54. The summed E-state index contributed by atoms with van der Waals surface area (Å²) in [5.41, 5.74) is 6.34. The Hall–Kier alpha value is -5.60. The molecular weight excluding hydrogens is 580 g/mol. The standard InChI is InChI=1S/C37H32N4O3S/c42-34(31-24-14-5-15-25-31)39-37(45)40-41(26-27-16-6-1-7-17-27)36(44)33(30-22-12-4-13-23-30)38-35(43)32(28-18-8-2-9-19-28)29-20-10-3-11-21-29/h1-25,32-33H,26H2,(H,38,43)(H2,39,40,42,45). The summed E-state index contributed by atoms with van der Waals surface area (Å²) < 4.78 is 0. The van der Waals surface area contributed by atoms with Gasteiger partial charge in [0, 0.05) is 5.56 Å². The quantitative estimate of drug-likeness (QED) is 0.142. The second-order valence-corrected chi connectivity index (χ2v) is 10.7. The van der Waals surface area contributed by atoms with Crippen LogP contribution in [0.4, 0.5) is 0 Å². The van der Waals surface area contributed by atoms with Crippen molar-refractivity contribution in [3.63, 3.8) is 0 Å². The Morgan fingerprint density at radius 3 is 1.56 bits per heavy atom. The van der Waals surface area contributed by atoms with Gasteiger partial charge in [-0.2, -0.15) is 0 Å². The van der Waals surface area contributed by atoms with E-state index in [2.05, 4.69) is 16.1 Å². The van der Waals surface area contributed by atoms with Gasteiger partial charge in [0.05, 0.1) is 12.5 Å². The summed E-state index contributed by atoms with van der Waals surface area (Å²) in [4.78, 5) is 41.4. The highest BCUT2D eigenvalue weighted by atomic mass is 32.1. The lowest BCUT2D eigenvalue weighted by atomic mass is 9.90. The summed E-state index contributed by atoms with van der Waals surface area (Å²) in [5, 5.41) is 6.95. The number of hydrazine groups is 1. The van der Waals surface area contributed by atoms with E-state index in [0.717, 1.165) is 16.7 Å². The zero-order valence-corrected chi connectivity index (χ0v) is 25.2. The van der Waals surface area contributed by atoms with Crippen LogP contribution in [-0.2, 0) is 16.1 Å². The number of hydrogen-bond acceptors (Lipinski definition) is 4. The summed E-state index contributed by atoms with van der Waals surface area (Å²) in [7, 11) is 0. The summed E-state index contributed by atoms with van der Waals surface area (Å²) >= 11 is 5.48. The van der Waals surface area contributed by atoms with Crippen LogP contribution in [0.1, 0.15) is 44.6 Å². The van der Waals surface area contributed by atoms with Crippen LogP contribution >= 0.6 is 12.2 Å². The first-order valence-corrected chi connectivity index (χ1v) is 14.9. The molecule has 1 unspecified atom stereocenters. The van der Waals surface area contributed by atoms with Crippen LogP contribution in [0.2, 0.25) is 0 Å². The molecule has 0 bridgehead atoms. The molecule has 45 heavy (non-hydrogen) atoms. The SMILES string of the molecule is O=C(NC(=S)NN(Cc1ccccc1)C(=O)C(NC(=O)C(c1ccccc1)c1ccccc1)c1ccccc1)c1ccccc1. The Labute approximate surface area is 267 Å². The van der Waals surface area contributed by atoms with Gasteiger partial charge in [0.2, 0.25) is 5.91 Å². The summed E-state index contributed by atoms with van der Waals surface area (Å²) in [6.07, 6.45) is 0. The van der Waals surface area contributed by atoms with E-state index in [1.54, 1.807) is 36.4 Å². The van der Waals surface area contributed by atoms with E-state index < -0.39 is 23.8 Å². The van der Waals surface area contributed by atoms with Crippen molar-refractivity contribution in [1.29, 1.82) is 0 Å². The topological polar surface area (TPSA) is 90.5 Å². The normalized spacial score (nSPS) is 11.2. The van der Waals surface area contributed by atoms with E-state index in [9.17, 15) is 14.4 Å². The van der Waals surface area contributed by atoms with Crippen molar-refractivity contribution in [1.82, 2.24) is 21.1 Å². The molecule has 0 saturated heterocycles. The molecule has 0 radical (unpaired) electrons. The number of nitrogens with zero attached hydrogens (tertiary/aromatic N) is 1. The molecule has 0 saturated carbocycles. The number of carbonyl (C=O) groups is 3. The Bertz CT molecular complexity index is 1680. The predicted octanol–water partition coefficient (Wildman–Crippen LogP) is 5.92. The largest absolute Gasteiger partial charge is 0.340 e. The molecule has 5 aromatic rings. The maximum absolute atomic E-state index is 14.4. The van der Waals surface area contributed by atoms with E-state index in [1.807, 2.05) is 115 Å². The molecular formula is C37H32N4O3S. The maximum Gasteiger partial charge on any atom is 0.268 e. The highest BCUT2D eigenvalue weighted by Gasteiger charge is 2.32. The molecule has 0 aliphatic heterocycles. The number of amides is 3. The van der Waals surface area contributed by atoms with Crippen LogP contribution in [0.3, 0.4) is 0 Å². The zero-order valence-electron chi connectivity index (χ0n) is 24.4. The van der Waals surface area contributed by atoms with Crippen molar-refractivity contribution >= 4 is 35.1 Å². The molecule has 0 spiro atoms. The average Bonchev–Trinajstić information content (AvgIpc) is 3.09. The number of thiocarbonyl (C=S) groups is 1. The van der Waals surface area contributed by atoms with Crippen molar-refractivity contribution in [2.75, 3.05) is 0 Å². The van der Waals surface area contributed by atoms with E-state index in [4.69, 9.17) is 12.2 Å². The van der Waals surface area contributed by atoms with Gasteiger partial charge in [-0.3, -0.25) is 25.1 Å². The minimum absolute atomic E-state index is 0.0577. The Morgan fingerprint density at radius 2 is 1.04 bits per heavy atom. The highest BCUT2D eigenvalue weighted by Crippen LogP contribution is 2.27. The molecule has 8 heteroatoms. The molecule has 1 atom stereocenters. The van der Waals surface area contributed by atoms with Gasteiger partial charge in [0.15, 0.2) is 5.11 Å².